The summed E-state index contributed by atoms with van der Waals surface area (Å²) in [6.45, 7) is 0.378. The Balaban J connectivity index is 1.55. The van der Waals surface area contributed by atoms with E-state index < -0.39 is 6.04 Å². The smallest absolute Gasteiger partial charge is 0.243 e. The molecular formula is C30H32BrClN2O2S. The first-order chi connectivity index (χ1) is 18.0. The van der Waals surface area contributed by atoms with Crippen molar-refractivity contribution in [1.29, 1.82) is 0 Å². The van der Waals surface area contributed by atoms with Gasteiger partial charge in [-0.05, 0) is 53.8 Å². The molecule has 194 valence electrons. The van der Waals surface area contributed by atoms with Gasteiger partial charge in [-0.25, -0.2) is 0 Å². The minimum atomic E-state index is -0.588. The lowest BCUT2D eigenvalue weighted by molar-refractivity contribution is -0.139. The van der Waals surface area contributed by atoms with E-state index in [9.17, 15) is 9.59 Å². The van der Waals surface area contributed by atoms with Gasteiger partial charge >= 0.3 is 0 Å². The Labute approximate surface area is 237 Å². The van der Waals surface area contributed by atoms with E-state index in [1.54, 1.807) is 16.7 Å². The lowest BCUT2D eigenvalue weighted by Gasteiger charge is -2.32. The molecular weight excluding hydrogens is 568 g/mol. The highest BCUT2D eigenvalue weighted by Crippen LogP contribution is 2.22. The summed E-state index contributed by atoms with van der Waals surface area (Å²) in [6, 6.07) is 25.2. The van der Waals surface area contributed by atoms with Gasteiger partial charge in [-0.15, -0.1) is 11.8 Å². The summed E-state index contributed by atoms with van der Waals surface area (Å²) in [7, 11) is 0. The zero-order valence-corrected chi connectivity index (χ0v) is 23.9. The average molecular weight is 600 g/mol. The van der Waals surface area contributed by atoms with E-state index >= 15 is 0 Å². The van der Waals surface area contributed by atoms with Crippen LogP contribution in [0.1, 0.15) is 42.4 Å². The number of rotatable bonds is 11. The van der Waals surface area contributed by atoms with Crippen LogP contribution in [0.5, 0.6) is 0 Å². The molecule has 3 aromatic carbocycles. The van der Waals surface area contributed by atoms with Crippen molar-refractivity contribution in [2.75, 3.05) is 5.75 Å². The third-order valence-corrected chi connectivity index (χ3v) is 8.42. The molecule has 0 heterocycles. The minimum absolute atomic E-state index is 0.0376. The van der Waals surface area contributed by atoms with Crippen molar-refractivity contribution >= 4 is 51.1 Å². The maximum atomic E-state index is 13.7. The minimum Gasteiger partial charge on any atom is -0.352 e. The molecule has 1 atom stereocenters. The molecule has 37 heavy (non-hydrogen) atoms. The zero-order valence-electron chi connectivity index (χ0n) is 20.7. The normalized spacial score (nSPS) is 14.3. The van der Waals surface area contributed by atoms with Crippen molar-refractivity contribution in [3.8, 4) is 0 Å². The largest absolute Gasteiger partial charge is 0.352 e. The van der Waals surface area contributed by atoms with Gasteiger partial charge in [0.05, 0.1) is 5.75 Å². The van der Waals surface area contributed by atoms with E-state index in [0.717, 1.165) is 46.8 Å². The van der Waals surface area contributed by atoms with Gasteiger partial charge in [-0.1, -0.05) is 95.0 Å². The summed E-state index contributed by atoms with van der Waals surface area (Å²) in [5.41, 5.74) is 3.14. The van der Waals surface area contributed by atoms with Gasteiger partial charge < -0.3 is 10.2 Å². The lowest BCUT2D eigenvalue weighted by Crippen LogP contribution is -2.52. The Morgan fingerprint density at radius 1 is 0.919 bits per heavy atom. The molecule has 1 saturated carbocycles. The molecule has 4 rings (SSSR count). The van der Waals surface area contributed by atoms with Gasteiger partial charge in [0.1, 0.15) is 6.04 Å². The maximum absolute atomic E-state index is 13.7. The number of halogens is 2. The summed E-state index contributed by atoms with van der Waals surface area (Å²) in [4.78, 5) is 29.2. The third-order valence-electron chi connectivity index (χ3n) is 6.65. The molecule has 0 radical (unpaired) electrons. The van der Waals surface area contributed by atoms with E-state index in [2.05, 4.69) is 21.2 Å². The molecule has 0 spiro atoms. The quantitative estimate of drug-likeness (QED) is 0.257. The van der Waals surface area contributed by atoms with Crippen molar-refractivity contribution in [2.24, 2.45) is 0 Å². The fourth-order valence-electron chi connectivity index (χ4n) is 4.63. The topological polar surface area (TPSA) is 49.4 Å². The molecule has 3 aromatic rings. The predicted octanol–water partition coefficient (Wildman–Crippen LogP) is 7.03. The number of amides is 2. The number of nitrogens with one attached hydrogen (secondary N) is 1. The molecule has 1 aliphatic carbocycles. The van der Waals surface area contributed by atoms with Crippen LogP contribution < -0.4 is 5.32 Å². The third kappa shape index (κ3) is 8.62. The van der Waals surface area contributed by atoms with Crippen molar-refractivity contribution in [3.63, 3.8) is 0 Å². The first-order valence-corrected chi connectivity index (χ1v) is 15.0. The van der Waals surface area contributed by atoms with Crippen LogP contribution in [0.15, 0.2) is 83.3 Å². The Hall–Kier alpha value is -2.28. The standard InChI is InChI=1S/C30H32BrClN2O2S/c31-25-14-10-23(11-15-25)19-34(29(35)21-37-20-24-12-16-26(32)17-13-24)28(18-22-6-2-1-3-7-22)30(36)33-27-8-4-5-9-27/h1-3,6-7,10-17,27-28H,4-5,8-9,18-21H2,(H,33,36). The zero-order chi connectivity index (χ0) is 26.0. The fraction of sp³-hybridized carbons (Fsp3) is 0.333. The second-order valence-electron chi connectivity index (χ2n) is 9.46. The molecule has 1 aliphatic rings. The molecule has 0 aliphatic heterocycles. The second kappa shape index (κ2) is 14.0. The van der Waals surface area contributed by atoms with Crippen molar-refractivity contribution < 1.29 is 9.59 Å². The van der Waals surface area contributed by atoms with E-state index in [4.69, 9.17) is 11.6 Å². The van der Waals surface area contributed by atoms with Crippen LogP contribution >= 0.6 is 39.3 Å². The van der Waals surface area contributed by atoms with Gasteiger partial charge in [0, 0.05) is 34.3 Å². The number of benzene rings is 3. The van der Waals surface area contributed by atoms with Crippen LogP contribution in [0.3, 0.4) is 0 Å². The van der Waals surface area contributed by atoms with Crippen LogP contribution in [-0.4, -0.2) is 34.6 Å². The SMILES string of the molecule is O=C(NC1CCCC1)C(Cc1ccccc1)N(Cc1ccc(Br)cc1)C(=O)CSCc1ccc(Cl)cc1. The van der Waals surface area contributed by atoms with Gasteiger partial charge in [0.2, 0.25) is 11.8 Å². The molecule has 7 heteroatoms. The Bertz CT molecular complexity index is 1150. The molecule has 0 bridgehead atoms. The van der Waals surface area contributed by atoms with Crippen LogP contribution in [0.25, 0.3) is 0 Å². The molecule has 0 aromatic heterocycles. The highest BCUT2D eigenvalue weighted by atomic mass is 79.9. The Morgan fingerprint density at radius 2 is 1.57 bits per heavy atom. The summed E-state index contributed by atoms with van der Waals surface area (Å²) < 4.78 is 0.979. The number of nitrogens with zero attached hydrogens (tertiary/aromatic N) is 1. The summed E-state index contributed by atoms with van der Waals surface area (Å²) in [5.74, 6) is 0.890. The average Bonchev–Trinajstić information content (AvgIpc) is 3.42. The van der Waals surface area contributed by atoms with E-state index in [1.165, 1.54) is 0 Å². The molecule has 4 nitrogen and oxygen atoms in total. The first-order valence-electron chi connectivity index (χ1n) is 12.7. The highest BCUT2D eigenvalue weighted by molar-refractivity contribution is 9.10. The summed E-state index contributed by atoms with van der Waals surface area (Å²) in [5, 5.41) is 3.95. The second-order valence-corrected chi connectivity index (χ2v) is 11.8. The predicted molar refractivity (Wildman–Crippen MR) is 157 cm³/mol. The number of carbonyl (C=O) groups excluding carboxylic acids is 2. The van der Waals surface area contributed by atoms with E-state index in [0.29, 0.717) is 29.5 Å². The number of hydrogen-bond acceptors (Lipinski definition) is 3. The van der Waals surface area contributed by atoms with E-state index in [-0.39, 0.29) is 17.9 Å². The molecule has 1 unspecified atom stereocenters. The molecule has 0 saturated heterocycles. The van der Waals surface area contributed by atoms with Gasteiger partial charge in [-0.3, -0.25) is 9.59 Å². The van der Waals surface area contributed by atoms with Gasteiger partial charge in [0.25, 0.3) is 0 Å². The van der Waals surface area contributed by atoms with Crippen molar-refractivity contribution in [3.05, 3.63) is 105 Å². The lowest BCUT2D eigenvalue weighted by atomic mass is 10.0. The van der Waals surface area contributed by atoms with Gasteiger partial charge in [0.15, 0.2) is 0 Å². The first kappa shape index (κ1) is 27.7. The fourth-order valence-corrected chi connectivity index (χ4v) is 5.89. The Kier molecular flexibility index (Phi) is 10.5. The summed E-state index contributed by atoms with van der Waals surface area (Å²) in [6.07, 6.45) is 4.75. The summed E-state index contributed by atoms with van der Waals surface area (Å²) >= 11 is 11.1. The van der Waals surface area contributed by atoms with Crippen LogP contribution in [0.2, 0.25) is 5.02 Å². The van der Waals surface area contributed by atoms with E-state index in [1.807, 2.05) is 78.9 Å². The van der Waals surface area contributed by atoms with Crippen LogP contribution in [0.4, 0.5) is 0 Å². The van der Waals surface area contributed by atoms with Gasteiger partial charge in [-0.2, -0.15) is 0 Å². The highest BCUT2D eigenvalue weighted by Gasteiger charge is 2.32. The molecule has 2 amide bonds. The number of carbonyl (C=O) groups is 2. The maximum Gasteiger partial charge on any atom is 0.243 e. The van der Waals surface area contributed by atoms with Crippen molar-refractivity contribution in [2.45, 2.75) is 56.5 Å². The van der Waals surface area contributed by atoms with Crippen LogP contribution in [-0.2, 0) is 28.3 Å². The monoisotopic (exact) mass is 598 g/mol. The van der Waals surface area contributed by atoms with Crippen LogP contribution in [0, 0.1) is 0 Å². The molecule has 1 N–H and O–H groups in total. The number of thioether (sulfide) groups is 1. The molecule has 1 fully saturated rings. The Morgan fingerprint density at radius 3 is 2.24 bits per heavy atom. The number of hydrogen-bond donors (Lipinski definition) is 1. The van der Waals surface area contributed by atoms with Crippen molar-refractivity contribution in [1.82, 2.24) is 10.2 Å².